The minimum Gasteiger partial charge on any atom is -0.350 e. The van der Waals surface area contributed by atoms with Crippen molar-refractivity contribution >= 4 is 5.91 Å². The van der Waals surface area contributed by atoms with Gasteiger partial charge in [-0.15, -0.1) is 0 Å². The number of aromatic nitrogens is 2. The Hall–Kier alpha value is -1.32. The van der Waals surface area contributed by atoms with E-state index in [4.69, 9.17) is 0 Å². The zero-order valence-corrected chi connectivity index (χ0v) is 11.4. The minimum absolute atomic E-state index is 0.0261. The number of nitrogens with zero attached hydrogens (tertiary/aromatic N) is 1. The number of hydrogen-bond donors (Lipinski definition) is 2. The van der Waals surface area contributed by atoms with Gasteiger partial charge in [0.25, 0.3) is 5.91 Å². The van der Waals surface area contributed by atoms with Gasteiger partial charge in [-0.3, -0.25) is 9.89 Å². The van der Waals surface area contributed by atoms with Crippen LogP contribution in [0.3, 0.4) is 0 Å². The van der Waals surface area contributed by atoms with Crippen molar-refractivity contribution in [3.63, 3.8) is 0 Å². The molecule has 1 aliphatic carbocycles. The molecule has 0 saturated heterocycles. The maximum absolute atomic E-state index is 12.1. The van der Waals surface area contributed by atoms with Crippen LogP contribution in [-0.4, -0.2) is 22.6 Å². The van der Waals surface area contributed by atoms with Crippen LogP contribution in [0.2, 0.25) is 0 Å². The minimum atomic E-state index is -0.0261. The number of aryl methyl sites for hydroxylation is 1. The summed E-state index contributed by atoms with van der Waals surface area (Å²) < 4.78 is 0. The summed E-state index contributed by atoms with van der Waals surface area (Å²) in [6, 6.07) is 0. The first-order valence-electron chi connectivity index (χ1n) is 7.02. The monoisotopic (exact) mass is 249 g/mol. The summed E-state index contributed by atoms with van der Waals surface area (Å²) in [6.45, 7) is 4.89. The van der Waals surface area contributed by atoms with E-state index < -0.39 is 0 Å². The first-order valence-corrected chi connectivity index (χ1v) is 7.02. The van der Waals surface area contributed by atoms with Gasteiger partial charge in [0.2, 0.25) is 0 Å². The van der Waals surface area contributed by atoms with Crippen LogP contribution in [0.1, 0.15) is 61.3 Å². The lowest BCUT2D eigenvalue weighted by Crippen LogP contribution is -2.28. The predicted molar refractivity (Wildman–Crippen MR) is 71.6 cm³/mol. The van der Waals surface area contributed by atoms with Crippen LogP contribution < -0.4 is 5.32 Å². The number of H-pyrrole nitrogens is 1. The fourth-order valence-electron chi connectivity index (χ4n) is 2.40. The predicted octanol–water partition coefficient (Wildman–Crippen LogP) is 2.45. The Morgan fingerprint density at radius 3 is 2.72 bits per heavy atom. The average Bonchev–Trinajstić information content (AvgIpc) is 2.68. The lowest BCUT2D eigenvalue weighted by molar-refractivity contribution is 0.0943. The van der Waals surface area contributed by atoms with Crippen molar-refractivity contribution in [1.29, 1.82) is 0 Å². The molecule has 1 aromatic heterocycles. The van der Waals surface area contributed by atoms with Crippen molar-refractivity contribution in [2.75, 3.05) is 6.54 Å². The lowest BCUT2D eigenvalue weighted by Gasteiger charge is -2.10. The first-order chi connectivity index (χ1) is 8.68. The van der Waals surface area contributed by atoms with Gasteiger partial charge < -0.3 is 5.32 Å². The van der Waals surface area contributed by atoms with Gasteiger partial charge in [0, 0.05) is 17.8 Å². The van der Waals surface area contributed by atoms with Crippen molar-refractivity contribution < 1.29 is 4.79 Å². The Balaban J connectivity index is 2.10. The van der Waals surface area contributed by atoms with Crippen LogP contribution in [-0.2, 0) is 12.8 Å². The number of aromatic amines is 1. The van der Waals surface area contributed by atoms with Gasteiger partial charge >= 0.3 is 0 Å². The van der Waals surface area contributed by atoms with Crippen LogP contribution in [0.4, 0.5) is 0 Å². The molecule has 0 bridgehead atoms. The molecule has 0 aliphatic heterocycles. The van der Waals surface area contributed by atoms with Crippen molar-refractivity contribution in [2.24, 2.45) is 5.92 Å². The molecule has 1 amide bonds. The zero-order valence-electron chi connectivity index (χ0n) is 11.4. The molecule has 0 fully saturated rings. The van der Waals surface area contributed by atoms with E-state index in [-0.39, 0.29) is 5.91 Å². The molecule has 0 aromatic carbocycles. The smallest absolute Gasteiger partial charge is 0.272 e. The second kappa shape index (κ2) is 6.03. The van der Waals surface area contributed by atoms with Crippen molar-refractivity contribution in [3.8, 4) is 0 Å². The number of carbonyl (C=O) groups excluding carboxylic acids is 1. The average molecular weight is 249 g/mol. The highest BCUT2D eigenvalue weighted by Crippen LogP contribution is 2.21. The molecule has 1 aromatic rings. The van der Waals surface area contributed by atoms with E-state index >= 15 is 0 Å². The maximum Gasteiger partial charge on any atom is 0.272 e. The number of nitrogens with one attached hydrogen (secondary N) is 2. The van der Waals surface area contributed by atoms with E-state index in [0.29, 0.717) is 18.2 Å². The fraction of sp³-hybridized carbons (Fsp3) is 0.714. The molecule has 18 heavy (non-hydrogen) atoms. The van der Waals surface area contributed by atoms with Gasteiger partial charge in [0.1, 0.15) is 0 Å². The molecule has 0 radical (unpaired) electrons. The molecule has 1 aliphatic rings. The third kappa shape index (κ3) is 3.12. The normalized spacial score (nSPS) is 15.9. The molecule has 2 N–H and O–H groups in total. The van der Waals surface area contributed by atoms with E-state index in [2.05, 4.69) is 29.4 Å². The quantitative estimate of drug-likeness (QED) is 0.864. The highest BCUT2D eigenvalue weighted by molar-refractivity contribution is 5.93. The first kappa shape index (κ1) is 13.1. The topological polar surface area (TPSA) is 57.8 Å². The van der Waals surface area contributed by atoms with Crippen LogP contribution in [0.15, 0.2) is 0 Å². The molecular weight excluding hydrogens is 226 g/mol. The lowest BCUT2D eigenvalue weighted by atomic mass is 9.97. The van der Waals surface area contributed by atoms with Gasteiger partial charge in [-0.2, -0.15) is 5.10 Å². The van der Waals surface area contributed by atoms with Crippen LogP contribution in [0, 0.1) is 5.92 Å². The van der Waals surface area contributed by atoms with Crippen molar-refractivity contribution in [2.45, 2.75) is 52.4 Å². The summed E-state index contributed by atoms with van der Waals surface area (Å²) in [5, 5.41) is 10.2. The summed E-state index contributed by atoms with van der Waals surface area (Å²) in [6.07, 6.45) is 6.92. The van der Waals surface area contributed by atoms with E-state index in [1.54, 1.807) is 0 Å². The molecule has 4 nitrogen and oxygen atoms in total. The number of carbonyl (C=O) groups is 1. The second-order valence-corrected chi connectivity index (χ2v) is 5.55. The second-order valence-electron chi connectivity index (χ2n) is 5.55. The Bertz CT molecular complexity index is 409. The molecule has 4 heteroatoms. The van der Waals surface area contributed by atoms with E-state index in [1.165, 1.54) is 25.0 Å². The molecule has 0 spiro atoms. The van der Waals surface area contributed by atoms with Gasteiger partial charge in [-0.25, -0.2) is 0 Å². The molecule has 1 heterocycles. The third-order valence-corrected chi connectivity index (χ3v) is 3.44. The summed E-state index contributed by atoms with van der Waals surface area (Å²) in [5.74, 6) is 0.441. The summed E-state index contributed by atoms with van der Waals surface area (Å²) >= 11 is 0. The van der Waals surface area contributed by atoms with Crippen molar-refractivity contribution in [1.82, 2.24) is 15.5 Å². The number of fused-ring (bicyclic) bond motifs is 1. The molecule has 0 atom stereocenters. The fourth-order valence-corrected chi connectivity index (χ4v) is 2.40. The Morgan fingerprint density at radius 1 is 1.28 bits per heavy atom. The highest BCUT2D eigenvalue weighted by Gasteiger charge is 2.19. The molecular formula is C14H23N3O. The third-order valence-electron chi connectivity index (χ3n) is 3.44. The van der Waals surface area contributed by atoms with Crippen LogP contribution in [0.5, 0.6) is 0 Å². The molecule has 0 saturated carbocycles. The maximum atomic E-state index is 12.1. The molecule has 2 rings (SSSR count). The van der Waals surface area contributed by atoms with Crippen LogP contribution in [0.25, 0.3) is 0 Å². The molecule has 100 valence electrons. The summed E-state index contributed by atoms with van der Waals surface area (Å²) in [4.78, 5) is 12.1. The largest absolute Gasteiger partial charge is 0.350 e. The summed E-state index contributed by atoms with van der Waals surface area (Å²) in [5.41, 5.74) is 2.94. The van der Waals surface area contributed by atoms with Gasteiger partial charge in [0.15, 0.2) is 5.69 Å². The number of hydrogen-bond acceptors (Lipinski definition) is 2. The standard InChI is InChI=1S/C14H23N3O/c1-10(2)9-15-14(18)13-11-7-5-3-4-6-8-12(11)16-17-13/h10H,3-9H2,1-2H3,(H,15,18)(H,16,17). The Morgan fingerprint density at radius 2 is 2.00 bits per heavy atom. The highest BCUT2D eigenvalue weighted by atomic mass is 16.1. The number of amides is 1. The Kier molecular flexibility index (Phi) is 4.39. The van der Waals surface area contributed by atoms with Crippen LogP contribution >= 0.6 is 0 Å². The summed E-state index contributed by atoms with van der Waals surface area (Å²) in [7, 11) is 0. The Labute approximate surface area is 109 Å². The van der Waals surface area contributed by atoms with Gasteiger partial charge in [-0.1, -0.05) is 26.7 Å². The molecule has 0 unspecified atom stereocenters. The van der Waals surface area contributed by atoms with Crippen molar-refractivity contribution in [3.05, 3.63) is 17.0 Å². The van der Waals surface area contributed by atoms with Gasteiger partial charge in [0.05, 0.1) is 0 Å². The number of rotatable bonds is 3. The zero-order chi connectivity index (χ0) is 13.0. The van der Waals surface area contributed by atoms with E-state index in [9.17, 15) is 4.79 Å². The SMILES string of the molecule is CC(C)CNC(=O)c1n[nH]c2c1CCCCCC2. The van der Waals surface area contributed by atoms with E-state index in [1.807, 2.05) is 0 Å². The van der Waals surface area contributed by atoms with Gasteiger partial charge in [-0.05, 0) is 31.6 Å². The van der Waals surface area contributed by atoms with E-state index in [0.717, 1.165) is 24.8 Å².